The first kappa shape index (κ1) is 12.2. The van der Waals surface area contributed by atoms with Crippen LogP contribution in [0, 0.1) is 0 Å². The van der Waals surface area contributed by atoms with Gasteiger partial charge in [0.2, 0.25) is 11.7 Å². The second-order valence-electron chi connectivity index (χ2n) is 4.51. The minimum atomic E-state index is -0.738. The Labute approximate surface area is 114 Å². The van der Waals surface area contributed by atoms with Crippen molar-refractivity contribution in [1.82, 2.24) is 10.1 Å². The third-order valence-electron chi connectivity index (χ3n) is 3.24. The summed E-state index contributed by atoms with van der Waals surface area (Å²) < 4.78 is 9.98. The second kappa shape index (κ2) is 4.35. The summed E-state index contributed by atoms with van der Waals surface area (Å²) in [7, 11) is 1.36. The van der Waals surface area contributed by atoms with Crippen LogP contribution in [0.5, 0.6) is 0 Å². The van der Waals surface area contributed by atoms with Gasteiger partial charge in [0.15, 0.2) is 0 Å². The predicted molar refractivity (Wildman–Crippen MR) is 67.7 cm³/mol. The third-order valence-corrected chi connectivity index (χ3v) is 3.48. The van der Waals surface area contributed by atoms with E-state index in [0.717, 1.165) is 5.56 Å². The third kappa shape index (κ3) is 2.00. The van der Waals surface area contributed by atoms with Gasteiger partial charge in [-0.1, -0.05) is 28.9 Å². The Kier molecular flexibility index (Phi) is 2.78. The molecule has 1 aliphatic rings. The maximum atomic E-state index is 11.7. The van der Waals surface area contributed by atoms with Crippen molar-refractivity contribution in [3.8, 4) is 11.4 Å². The standard InChI is InChI=1S/C13H11ClN2O3/c1-18-12(17)13(5-6-13)11-15-10(16-19-11)8-3-2-4-9(14)7-8/h2-4,7H,5-6H2,1H3. The molecule has 1 aliphatic carbocycles. The number of halogens is 1. The SMILES string of the molecule is COC(=O)C1(c2nc(-c3cccc(Cl)c3)no2)CC1. The highest BCUT2D eigenvalue weighted by Gasteiger charge is 2.57. The van der Waals surface area contributed by atoms with Crippen molar-refractivity contribution in [3.63, 3.8) is 0 Å². The number of methoxy groups -OCH3 is 1. The fourth-order valence-electron chi connectivity index (χ4n) is 1.99. The first-order valence-electron chi connectivity index (χ1n) is 5.84. The van der Waals surface area contributed by atoms with Gasteiger partial charge in [0.05, 0.1) is 7.11 Å². The molecule has 0 saturated heterocycles. The number of esters is 1. The van der Waals surface area contributed by atoms with Crippen LogP contribution in [0.15, 0.2) is 28.8 Å². The maximum absolute atomic E-state index is 11.7. The summed E-state index contributed by atoms with van der Waals surface area (Å²) >= 11 is 5.92. The molecule has 0 radical (unpaired) electrons. The first-order valence-corrected chi connectivity index (χ1v) is 6.22. The highest BCUT2D eigenvalue weighted by atomic mass is 35.5. The molecule has 0 aliphatic heterocycles. The van der Waals surface area contributed by atoms with E-state index in [-0.39, 0.29) is 5.97 Å². The Bertz CT molecular complexity index is 634. The molecule has 3 rings (SSSR count). The number of nitrogens with zero attached hydrogens (tertiary/aromatic N) is 2. The monoisotopic (exact) mass is 278 g/mol. The van der Waals surface area contributed by atoms with E-state index >= 15 is 0 Å². The van der Waals surface area contributed by atoms with Crippen molar-refractivity contribution in [2.75, 3.05) is 7.11 Å². The van der Waals surface area contributed by atoms with Crippen LogP contribution in [0.25, 0.3) is 11.4 Å². The molecule has 1 heterocycles. The van der Waals surface area contributed by atoms with E-state index in [2.05, 4.69) is 10.1 Å². The number of aromatic nitrogens is 2. The smallest absolute Gasteiger partial charge is 0.321 e. The molecule has 0 bridgehead atoms. The molecule has 0 spiro atoms. The summed E-state index contributed by atoms with van der Waals surface area (Å²) in [6.45, 7) is 0. The van der Waals surface area contributed by atoms with Gasteiger partial charge in [0, 0.05) is 10.6 Å². The van der Waals surface area contributed by atoms with Crippen molar-refractivity contribution in [2.24, 2.45) is 0 Å². The van der Waals surface area contributed by atoms with Gasteiger partial charge in [0.1, 0.15) is 5.41 Å². The lowest BCUT2D eigenvalue weighted by molar-refractivity contribution is -0.144. The molecular formula is C13H11ClN2O3. The minimum Gasteiger partial charge on any atom is -0.468 e. The van der Waals surface area contributed by atoms with Crippen LogP contribution < -0.4 is 0 Å². The molecule has 98 valence electrons. The fraction of sp³-hybridized carbons (Fsp3) is 0.308. The summed E-state index contributed by atoms with van der Waals surface area (Å²) in [6, 6.07) is 7.15. The Morgan fingerprint density at radius 2 is 2.26 bits per heavy atom. The van der Waals surface area contributed by atoms with Gasteiger partial charge in [0.25, 0.3) is 0 Å². The van der Waals surface area contributed by atoms with Crippen LogP contribution in [0.4, 0.5) is 0 Å². The largest absolute Gasteiger partial charge is 0.468 e. The van der Waals surface area contributed by atoms with E-state index in [1.807, 2.05) is 6.07 Å². The van der Waals surface area contributed by atoms with E-state index in [0.29, 0.717) is 29.6 Å². The van der Waals surface area contributed by atoms with Crippen LogP contribution in [0.1, 0.15) is 18.7 Å². The lowest BCUT2D eigenvalue weighted by Crippen LogP contribution is -2.22. The van der Waals surface area contributed by atoms with Gasteiger partial charge in [-0.3, -0.25) is 4.79 Å². The van der Waals surface area contributed by atoms with Crippen molar-refractivity contribution in [3.05, 3.63) is 35.2 Å². The zero-order chi connectivity index (χ0) is 13.5. The van der Waals surface area contributed by atoms with Gasteiger partial charge in [-0.15, -0.1) is 0 Å². The molecule has 1 saturated carbocycles. The molecule has 0 unspecified atom stereocenters. The quantitative estimate of drug-likeness (QED) is 0.808. The highest BCUT2D eigenvalue weighted by molar-refractivity contribution is 6.30. The maximum Gasteiger partial charge on any atom is 0.321 e. The lowest BCUT2D eigenvalue weighted by atomic mass is 10.1. The Hall–Kier alpha value is -1.88. The molecule has 5 nitrogen and oxygen atoms in total. The van der Waals surface area contributed by atoms with Crippen LogP contribution >= 0.6 is 11.6 Å². The van der Waals surface area contributed by atoms with E-state index in [4.69, 9.17) is 20.9 Å². The summed E-state index contributed by atoms with van der Waals surface area (Å²) in [5.74, 6) is 0.413. The molecule has 6 heteroatoms. The Balaban J connectivity index is 1.94. The number of rotatable bonds is 3. The summed E-state index contributed by atoms with van der Waals surface area (Å²) in [5, 5.41) is 4.49. The molecule has 1 fully saturated rings. The van der Waals surface area contributed by atoms with Crippen LogP contribution in [0.2, 0.25) is 5.02 Å². The van der Waals surface area contributed by atoms with E-state index < -0.39 is 5.41 Å². The highest BCUT2D eigenvalue weighted by Crippen LogP contribution is 2.48. The van der Waals surface area contributed by atoms with Crippen molar-refractivity contribution in [1.29, 1.82) is 0 Å². The van der Waals surface area contributed by atoms with Gasteiger partial charge in [-0.05, 0) is 25.0 Å². The predicted octanol–water partition coefficient (Wildman–Crippen LogP) is 2.59. The zero-order valence-corrected chi connectivity index (χ0v) is 11.0. The molecule has 1 aromatic heterocycles. The number of hydrogen-bond donors (Lipinski definition) is 0. The molecule has 0 N–H and O–H groups in total. The van der Waals surface area contributed by atoms with Gasteiger partial charge < -0.3 is 9.26 Å². The number of benzene rings is 1. The second-order valence-corrected chi connectivity index (χ2v) is 4.94. The summed E-state index contributed by atoms with van der Waals surface area (Å²) in [5.41, 5.74) is 0.0154. The number of carbonyl (C=O) groups excluding carboxylic acids is 1. The number of hydrogen-bond acceptors (Lipinski definition) is 5. The summed E-state index contributed by atoms with van der Waals surface area (Å²) in [4.78, 5) is 16.0. The van der Waals surface area contributed by atoms with E-state index in [1.54, 1.807) is 18.2 Å². The van der Waals surface area contributed by atoms with Crippen LogP contribution in [0.3, 0.4) is 0 Å². The molecule has 1 aromatic carbocycles. The zero-order valence-electron chi connectivity index (χ0n) is 10.2. The van der Waals surface area contributed by atoms with Crippen LogP contribution in [-0.2, 0) is 14.9 Å². The molecular weight excluding hydrogens is 268 g/mol. The van der Waals surface area contributed by atoms with E-state index in [9.17, 15) is 4.79 Å². The summed E-state index contributed by atoms with van der Waals surface area (Å²) in [6.07, 6.45) is 1.35. The average Bonchev–Trinajstić information content (AvgIpc) is 3.08. The van der Waals surface area contributed by atoms with Crippen LogP contribution in [-0.4, -0.2) is 23.2 Å². The van der Waals surface area contributed by atoms with E-state index in [1.165, 1.54) is 7.11 Å². The average molecular weight is 279 g/mol. The molecule has 0 atom stereocenters. The van der Waals surface area contributed by atoms with Gasteiger partial charge in [-0.25, -0.2) is 0 Å². The lowest BCUT2D eigenvalue weighted by Gasteiger charge is -2.05. The van der Waals surface area contributed by atoms with Crippen molar-refractivity contribution < 1.29 is 14.1 Å². The Morgan fingerprint density at radius 3 is 2.89 bits per heavy atom. The van der Waals surface area contributed by atoms with Crippen molar-refractivity contribution in [2.45, 2.75) is 18.3 Å². The fourth-order valence-corrected chi connectivity index (χ4v) is 2.18. The normalized spacial score (nSPS) is 16.1. The van der Waals surface area contributed by atoms with Gasteiger partial charge >= 0.3 is 5.97 Å². The Morgan fingerprint density at radius 1 is 1.47 bits per heavy atom. The molecule has 2 aromatic rings. The number of carbonyl (C=O) groups is 1. The van der Waals surface area contributed by atoms with Gasteiger partial charge in [-0.2, -0.15) is 4.98 Å². The van der Waals surface area contributed by atoms with Crippen molar-refractivity contribution >= 4 is 17.6 Å². The minimum absolute atomic E-state index is 0.314. The molecule has 19 heavy (non-hydrogen) atoms. The number of ether oxygens (including phenoxy) is 1. The topological polar surface area (TPSA) is 65.2 Å². The first-order chi connectivity index (χ1) is 9.15. The molecule has 0 amide bonds.